The smallest absolute Gasteiger partial charge is 0.310 e. The van der Waals surface area contributed by atoms with Crippen LogP contribution >= 0.6 is 0 Å². The van der Waals surface area contributed by atoms with E-state index in [9.17, 15) is 14.7 Å². The van der Waals surface area contributed by atoms with Crippen molar-refractivity contribution < 1.29 is 19.4 Å². The molecule has 136 valence electrons. The van der Waals surface area contributed by atoms with Crippen molar-refractivity contribution >= 4 is 11.9 Å². The van der Waals surface area contributed by atoms with Gasteiger partial charge in [-0.15, -0.1) is 0 Å². The third-order valence-electron chi connectivity index (χ3n) is 4.92. The number of rotatable bonds is 8. The Kier molecular flexibility index (Phi) is 5.56. The molecule has 0 aliphatic heterocycles. The first-order chi connectivity index (χ1) is 12.6. The summed E-state index contributed by atoms with van der Waals surface area (Å²) in [5, 5.41) is 12.1. The average molecular weight is 353 g/mol. The summed E-state index contributed by atoms with van der Waals surface area (Å²) in [6.07, 6.45) is 2.12. The zero-order chi connectivity index (χ0) is 18.4. The average Bonchev–Trinajstić information content (AvgIpc) is 2.62. The highest BCUT2D eigenvalue weighted by atomic mass is 16.5. The number of ether oxygens (including phenoxy) is 1. The number of carboxylic acid groups (broad SMARTS) is 1. The van der Waals surface area contributed by atoms with Crippen molar-refractivity contribution in [2.24, 2.45) is 5.41 Å². The number of carbonyl (C=O) groups is 2. The van der Waals surface area contributed by atoms with Crippen LogP contribution in [0.4, 0.5) is 0 Å². The number of carboxylic acids is 1. The van der Waals surface area contributed by atoms with Gasteiger partial charge in [0.2, 0.25) is 5.91 Å². The topological polar surface area (TPSA) is 75.6 Å². The van der Waals surface area contributed by atoms with Crippen LogP contribution in [-0.2, 0) is 22.7 Å². The highest BCUT2D eigenvalue weighted by Crippen LogP contribution is 2.44. The Bertz CT molecular complexity index is 751. The van der Waals surface area contributed by atoms with Crippen LogP contribution in [0.25, 0.3) is 0 Å². The van der Waals surface area contributed by atoms with Crippen LogP contribution in [0.2, 0.25) is 0 Å². The van der Waals surface area contributed by atoms with Gasteiger partial charge in [0, 0.05) is 13.0 Å². The molecule has 0 unspecified atom stereocenters. The van der Waals surface area contributed by atoms with E-state index in [4.69, 9.17) is 4.74 Å². The van der Waals surface area contributed by atoms with E-state index in [-0.39, 0.29) is 12.3 Å². The molecule has 1 amide bonds. The highest BCUT2D eigenvalue weighted by Gasteiger charge is 2.45. The minimum atomic E-state index is -0.860. The minimum Gasteiger partial charge on any atom is -0.489 e. The number of hydrogen-bond donors (Lipinski definition) is 2. The van der Waals surface area contributed by atoms with Gasteiger partial charge in [0.25, 0.3) is 0 Å². The zero-order valence-corrected chi connectivity index (χ0v) is 14.6. The maximum atomic E-state index is 12.1. The standard InChI is InChI=1S/C21H23NO4/c23-19(13-21(20(24)25)11-4-12-21)22-14-16-7-9-17(10-8-16)15-26-18-5-2-1-3-6-18/h1-3,5-10H,4,11-15H2,(H,22,23)(H,24,25). The molecule has 0 bridgehead atoms. The highest BCUT2D eigenvalue weighted by molar-refractivity contribution is 5.85. The molecule has 26 heavy (non-hydrogen) atoms. The van der Waals surface area contributed by atoms with Crippen LogP contribution in [0.5, 0.6) is 5.75 Å². The maximum absolute atomic E-state index is 12.1. The summed E-state index contributed by atoms with van der Waals surface area (Å²) < 4.78 is 5.70. The largest absolute Gasteiger partial charge is 0.489 e. The van der Waals surface area contributed by atoms with Crippen LogP contribution < -0.4 is 10.1 Å². The second-order valence-electron chi connectivity index (χ2n) is 6.81. The Morgan fingerprint density at radius 2 is 1.65 bits per heavy atom. The van der Waals surface area contributed by atoms with Crippen molar-refractivity contribution in [3.05, 3.63) is 65.7 Å². The SMILES string of the molecule is O=C(CC1(C(=O)O)CCC1)NCc1ccc(COc2ccccc2)cc1. The van der Waals surface area contributed by atoms with Crippen molar-refractivity contribution in [3.63, 3.8) is 0 Å². The lowest BCUT2D eigenvalue weighted by atomic mass is 9.66. The monoisotopic (exact) mass is 353 g/mol. The fourth-order valence-corrected chi connectivity index (χ4v) is 3.08. The Balaban J connectivity index is 1.45. The van der Waals surface area contributed by atoms with Gasteiger partial charge in [0.15, 0.2) is 0 Å². The molecule has 1 aliphatic carbocycles. The van der Waals surface area contributed by atoms with Gasteiger partial charge >= 0.3 is 5.97 Å². The van der Waals surface area contributed by atoms with Crippen molar-refractivity contribution in [1.29, 1.82) is 0 Å². The van der Waals surface area contributed by atoms with Gasteiger partial charge in [0.05, 0.1) is 5.41 Å². The molecule has 5 nitrogen and oxygen atoms in total. The van der Waals surface area contributed by atoms with E-state index in [2.05, 4.69) is 5.32 Å². The van der Waals surface area contributed by atoms with Crippen LogP contribution in [0, 0.1) is 5.41 Å². The van der Waals surface area contributed by atoms with Gasteiger partial charge in [-0.25, -0.2) is 0 Å². The lowest BCUT2D eigenvalue weighted by Gasteiger charge is -2.36. The number of nitrogens with one attached hydrogen (secondary N) is 1. The molecule has 1 aliphatic rings. The summed E-state index contributed by atoms with van der Waals surface area (Å²) in [6.45, 7) is 0.881. The van der Waals surface area contributed by atoms with Crippen molar-refractivity contribution in [2.45, 2.75) is 38.8 Å². The lowest BCUT2D eigenvalue weighted by Crippen LogP contribution is -2.42. The third-order valence-corrected chi connectivity index (χ3v) is 4.92. The summed E-state index contributed by atoms with van der Waals surface area (Å²) in [5.74, 6) is -0.238. The molecule has 0 aromatic heterocycles. The van der Waals surface area contributed by atoms with Crippen LogP contribution in [0.3, 0.4) is 0 Å². The van der Waals surface area contributed by atoms with Gasteiger partial charge in [-0.05, 0) is 36.1 Å². The second-order valence-corrected chi connectivity index (χ2v) is 6.81. The molecule has 2 N–H and O–H groups in total. The number of amides is 1. The molecular formula is C21H23NO4. The molecule has 2 aromatic carbocycles. The predicted octanol–water partition coefficient (Wildman–Crippen LogP) is 3.53. The third kappa shape index (κ3) is 4.42. The van der Waals surface area contributed by atoms with Gasteiger partial charge in [-0.1, -0.05) is 48.9 Å². The summed E-state index contributed by atoms with van der Waals surface area (Å²) in [7, 11) is 0. The van der Waals surface area contributed by atoms with Crippen molar-refractivity contribution in [2.75, 3.05) is 0 Å². The first-order valence-corrected chi connectivity index (χ1v) is 8.83. The Morgan fingerprint density at radius 1 is 1.00 bits per heavy atom. The van der Waals surface area contributed by atoms with Gasteiger partial charge in [-0.3, -0.25) is 9.59 Å². The number of benzene rings is 2. The summed E-state index contributed by atoms with van der Waals surface area (Å²) >= 11 is 0. The molecule has 2 aromatic rings. The molecule has 0 spiro atoms. The van der Waals surface area contributed by atoms with E-state index >= 15 is 0 Å². The molecular weight excluding hydrogens is 330 g/mol. The van der Waals surface area contributed by atoms with E-state index in [1.807, 2.05) is 54.6 Å². The van der Waals surface area contributed by atoms with Crippen LogP contribution in [0.15, 0.2) is 54.6 Å². The Hall–Kier alpha value is -2.82. The van der Waals surface area contributed by atoms with Crippen LogP contribution in [0.1, 0.15) is 36.8 Å². The van der Waals surface area contributed by atoms with Gasteiger partial charge in [-0.2, -0.15) is 0 Å². The number of carbonyl (C=O) groups excluding carboxylic acids is 1. The molecule has 0 radical (unpaired) electrons. The quantitative estimate of drug-likeness (QED) is 0.761. The maximum Gasteiger partial charge on any atom is 0.310 e. The van der Waals surface area contributed by atoms with E-state index in [1.54, 1.807) is 0 Å². The Morgan fingerprint density at radius 3 is 2.23 bits per heavy atom. The predicted molar refractivity (Wildman–Crippen MR) is 97.6 cm³/mol. The van der Waals surface area contributed by atoms with E-state index in [0.29, 0.717) is 26.0 Å². The molecule has 0 saturated heterocycles. The fraction of sp³-hybridized carbons (Fsp3) is 0.333. The van der Waals surface area contributed by atoms with E-state index in [1.165, 1.54) is 0 Å². The summed E-state index contributed by atoms with van der Waals surface area (Å²) in [6, 6.07) is 17.5. The normalized spacial score (nSPS) is 14.9. The zero-order valence-electron chi connectivity index (χ0n) is 14.6. The van der Waals surface area contributed by atoms with Gasteiger partial charge < -0.3 is 15.2 Å². The van der Waals surface area contributed by atoms with Crippen LogP contribution in [-0.4, -0.2) is 17.0 Å². The number of aliphatic carboxylic acids is 1. The molecule has 1 fully saturated rings. The van der Waals surface area contributed by atoms with Gasteiger partial charge in [0.1, 0.15) is 12.4 Å². The first kappa shape index (κ1) is 18.0. The van der Waals surface area contributed by atoms with E-state index in [0.717, 1.165) is 23.3 Å². The molecule has 0 atom stereocenters. The first-order valence-electron chi connectivity index (χ1n) is 8.83. The van der Waals surface area contributed by atoms with Crippen molar-refractivity contribution in [1.82, 2.24) is 5.32 Å². The lowest BCUT2D eigenvalue weighted by molar-refractivity contribution is -0.157. The van der Waals surface area contributed by atoms with E-state index < -0.39 is 11.4 Å². The Labute approximate surface area is 153 Å². The summed E-state index contributed by atoms with van der Waals surface area (Å²) in [5.41, 5.74) is 1.17. The summed E-state index contributed by atoms with van der Waals surface area (Å²) in [4.78, 5) is 23.4. The number of para-hydroxylation sites is 1. The van der Waals surface area contributed by atoms with Crippen molar-refractivity contribution in [3.8, 4) is 5.75 Å². The minimum absolute atomic E-state index is 0.0608. The fourth-order valence-electron chi connectivity index (χ4n) is 3.08. The molecule has 1 saturated carbocycles. The molecule has 5 heteroatoms. The molecule has 3 rings (SSSR count). The number of hydrogen-bond acceptors (Lipinski definition) is 3. The molecule has 0 heterocycles. The second kappa shape index (κ2) is 8.04.